The lowest BCUT2D eigenvalue weighted by Gasteiger charge is -2.24. The molecule has 0 radical (unpaired) electrons. The van der Waals surface area contributed by atoms with Gasteiger partial charge in [-0.15, -0.1) is 0 Å². The molecular formula is C11H14F2O2. The topological polar surface area (TPSA) is 40.5 Å². The van der Waals surface area contributed by atoms with Gasteiger partial charge in [-0.1, -0.05) is 6.07 Å². The van der Waals surface area contributed by atoms with Crippen molar-refractivity contribution < 1.29 is 19.0 Å². The smallest absolute Gasteiger partial charge is 0.129 e. The second-order valence-corrected chi connectivity index (χ2v) is 4.07. The monoisotopic (exact) mass is 216 g/mol. The maximum absolute atomic E-state index is 13.2. The van der Waals surface area contributed by atoms with Crippen LogP contribution in [0.25, 0.3) is 0 Å². The molecule has 15 heavy (non-hydrogen) atoms. The van der Waals surface area contributed by atoms with Gasteiger partial charge in [0.1, 0.15) is 11.6 Å². The van der Waals surface area contributed by atoms with Crippen LogP contribution in [0, 0.1) is 11.6 Å². The Morgan fingerprint density at radius 1 is 1.27 bits per heavy atom. The summed E-state index contributed by atoms with van der Waals surface area (Å²) >= 11 is 0. The van der Waals surface area contributed by atoms with E-state index in [4.69, 9.17) is 0 Å². The number of hydrogen-bond acceptors (Lipinski definition) is 2. The second kappa shape index (κ2) is 4.24. The quantitative estimate of drug-likeness (QED) is 0.806. The molecule has 0 fully saturated rings. The Morgan fingerprint density at radius 2 is 1.73 bits per heavy atom. The SMILES string of the molecule is CC(C)(O)C(O)Cc1c(F)cccc1F. The lowest BCUT2D eigenvalue weighted by atomic mass is 9.95. The van der Waals surface area contributed by atoms with Gasteiger partial charge in [-0.2, -0.15) is 0 Å². The molecule has 0 bridgehead atoms. The summed E-state index contributed by atoms with van der Waals surface area (Å²) in [7, 11) is 0. The fraction of sp³-hybridized carbons (Fsp3) is 0.455. The van der Waals surface area contributed by atoms with Gasteiger partial charge in [0.05, 0.1) is 11.7 Å². The number of aliphatic hydroxyl groups excluding tert-OH is 1. The van der Waals surface area contributed by atoms with Gasteiger partial charge in [0.2, 0.25) is 0 Å². The molecule has 1 aromatic carbocycles. The van der Waals surface area contributed by atoms with Crippen molar-refractivity contribution in [1.82, 2.24) is 0 Å². The van der Waals surface area contributed by atoms with E-state index in [0.717, 1.165) is 12.1 Å². The molecule has 84 valence electrons. The van der Waals surface area contributed by atoms with E-state index >= 15 is 0 Å². The third-order valence-corrected chi connectivity index (χ3v) is 2.27. The molecule has 0 spiro atoms. The number of aliphatic hydroxyl groups is 2. The van der Waals surface area contributed by atoms with Gasteiger partial charge in [0.25, 0.3) is 0 Å². The van der Waals surface area contributed by atoms with Gasteiger partial charge in [-0.3, -0.25) is 0 Å². The summed E-state index contributed by atoms with van der Waals surface area (Å²) in [5.74, 6) is -1.42. The molecule has 0 aliphatic carbocycles. The summed E-state index contributed by atoms with van der Waals surface area (Å²) in [6, 6.07) is 3.50. The van der Waals surface area contributed by atoms with Crippen LogP contribution in [0.3, 0.4) is 0 Å². The Hall–Kier alpha value is -1.00. The first-order valence-corrected chi connectivity index (χ1v) is 4.65. The lowest BCUT2D eigenvalue weighted by Crippen LogP contribution is -2.37. The Kier molecular flexibility index (Phi) is 3.42. The van der Waals surface area contributed by atoms with E-state index < -0.39 is 23.3 Å². The van der Waals surface area contributed by atoms with Gasteiger partial charge >= 0.3 is 0 Å². The van der Waals surface area contributed by atoms with Crippen molar-refractivity contribution in [2.24, 2.45) is 0 Å². The van der Waals surface area contributed by atoms with Crippen LogP contribution in [0.2, 0.25) is 0 Å². The summed E-state index contributed by atoms with van der Waals surface area (Å²) in [5, 5.41) is 18.9. The fourth-order valence-corrected chi connectivity index (χ4v) is 1.17. The van der Waals surface area contributed by atoms with Gasteiger partial charge in [0, 0.05) is 12.0 Å². The van der Waals surface area contributed by atoms with Gasteiger partial charge in [-0.25, -0.2) is 8.78 Å². The lowest BCUT2D eigenvalue weighted by molar-refractivity contribution is -0.0475. The summed E-state index contributed by atoms with van der Waals surface area (Å²) < 4.78 is 26.3. The zero-order valence-electron chi connectivity index (χ0n) is 8.67. The molecule has 4 heteroatoms. The average molecular weight is 216 g/mol. The predicted molar refractivity (Wildman–Crippen MR) is 52.4 cm³/mol. The van der Waals surface area contributed by atoms with E-state index in [1.165, 1.54) is 19.9 Å². The molecule has 0 amide bonds. The van der Waals surface area contributed by atoms with Crippen molar-refractivity contribution in [2.75, 3.05) is 0 Å². The fourth-order valence-electron chi connectivity index (χ4n) is 1.17. The average Bonchev–Trinajstić information content (AvgIpc) is 2.09. The molecule has 2 N–H and O–H groups in total. The summed E-state index contributed by atoms with van der Waals surface area (Å²) in [5.41, 5.74) is -1.58. The number of benzene rings is 1. The second-order valence-electron chi connectivity index (χ2n) is 4.07. The van der Waals surface area contributed by atoms with Crippen LogP contribution < -0.4 is 0 Å². The van der Waals surface area contributed by atoms with Crippen LogP contribution in [0.1, 0.15) is 19.4 Å². The van der Waals surface area contributed by atoms with Crippen molar-refractivity contribution in [2.45, 2.75) is 32.0 Å². The normalized spacial score (nSPS) is 14.0. The summed E-state index contributed by atoms with van der Waals surface area (Å²) in [6.07, 6.45) is -1.45. The minimum Gasteiger partial charge on any atom is -0.390 e. The molecule has 0 aliphatic rings. The molecule has 0 heterocycles. The van der Waals surface area contributed by atoms with Gasteiger partial charge in [-0.05, 0) is 26.0 Å². The first-order chi connectivity index (χ1) is 6.82. The maximum Gasteiger partial charge on any atom is 0.129 e. The van der Waals surface area contributed by atoms with Gasteiger partial charge < -0.3 is 10.2 Å². The molecule has 1 unspecified atom stereocenters. The predicted octanol–water partition coefficient (Wildman–Crippen LogP) is 1.64. The highest BCUT2D eigenvalue weighted by Gasteiger charge is 2.26. The van der Waals surface area contributed by atoms with E-state index in [1.807, 2.05) is 0 Å². The molecule has 1 rings (SSSR count). The van der Waals surface area contributed by atoms with Gasteiger partial charge in [0.15, 0.2) is 0 Å². The Labute approximate surface area is 87.2 Å². The number of halogens is 2. The molecule has 0 saturated carbocycles. The highest BCUT2D eigenvalue weighted by Crippen LogP contribution is 2.18. The largest absolute Gasteiger partial charge is 0.390 e. The zero-order valence-corrected chi connectivity index (χ0v) is 8.67. The number of rotatable bonds is 3. The van der Waals surface area contributed by atoms with E-state index in [2.05, 4.69) is 0 Å². The standard InChI is InChI=1S/C11H14F2O2/c1-11(2,15)10(14)6-7-8(12)4-3-5-9(7)13/h3-5,10,14-15H,6H2,1-2H3. The van der Waals surface area contributed by atoms with Crippen LogP contribution in [0.15, 0.2) is 18.2 Å². The Morgan fingerprint density at radius 3 is 2.13 bits per heavy atom. The maximum atomic E-state index is 13.2. The van der Waals surface area contributed by atoms with Crippen molar-refractivity contribution in [3.8, 4) is 0 Å². The highest BCUT2D eigenvalue weighted by molar-refractivity contribution is 5.20. The van der Waals surface area contributed by atoms with E-state index in [1.54, 1.807) is 0 Å². The molecule has 1 aromatic rings. The van der Waals surface area contributed by atoms with Crippen molar-refractivity contribution >= 4 is 0 Å². The first-order valence-electron chi connectivity index (χ1n) is 4.65. The van der Waals surface area contributed by atoms with Crippen molar-refractivity contribution in [1.29, 1.82) is 0 Å². The van der Waals surface area contributed by atoms with Crippen LogP contribution in [-0.2, 0) is 6.42 Å². The molecule has 2 nitrogen and oxygen atoms in total. The summed E-state index contributed by atoms with van der Waals surface area (Å²) in [6.45, 7) is 2.77. The molecule has 0 aliphatic heterocycles. The van der Waals surface area contributed by atoms with E-state index in [0.29, 0.717) is 0 Å². The third kappa shape index (κ3) is 2.97. The number of hydrogen-bond donors (Lipinski definition) is 2. The molecular weight excluding hydrogens is 202 g/mol. The van der Waals surface area contributed by atoms with E-state index in [-0.39, 0.29) is 12.0 Å². The van der Waals surface area contributed by atoms with Crippen molar-refractivity contribution in [3.05, 3.63) is 35.4 Å². The van der Waals surface area contributed by atoms with E-state index in [9.17, 15) is 19.0 Å². The molecule has 0 aromatic heterocycles. The van der Waals surface area contributed by atoms with Crippen LogP contribution in [0.4, 0.5) is 8.78 Å². The first kappa shape index (κ1) is 12.1. The minimum absolute atomic E-state index is 0.202. The Balaban J connectivity index is 2.90. The molecule has 1 atom stereocenters. The van der Waals surface area contributed by atoms with Crippen LogP contribution >= 0.6 is 0 Å². The Bertz CT molecular complexity index is 325. The summed E-state index contributed by atoms with van der Waals surface area (Å²) in [4.78, 5) is 0. The minimum atomic E-state index is -1.38. The van der Waals surface area contributed by atoms with Crippen LogP contribution in [0.5, 0.6) is 0 Å². The van der Waals surface area contributed by atoms with Crippen molar-refractivity contribution in [3.63, 3.8) is 0 Å². The zero-order chi connectivity index (χ0) is 11.6. The third-order valence-electron chi connectivity index (χ3n) is 2.27. The van der Waals surface area contributed by atoms with Crippen LogP contribution in [-0.4, -0.2) is 21.9 Å². The molecule has 0 saturated heterocycles. The highest BCUT2D eigenvalue weighted by atomic mass is 19.1.